The van der Waals surface area contributed by atoms with Crippen molar-refractivity contribution in [1.29, 1.82) is 0 Å². The van der Waals surface area contributed by atoms with Gasteiger partial charge in [0.25, 0.3) is 0 Å². The number of aliphatic hydroxyl groups is 1. The lowest BCUT2D eigenvalue weighted by Crippen LogP contribution is -2.43. The number of benzene rings is 1. The molecular formula is C17H23NO3. The first-order chi connectivity index (χ1) is 10.2. The van der Waals surface area contributed by atoms with Gasteiger partial charge in [0.15, 0.2) is 0 Å². The Labute approximate surface area is 125 Å². The molecule has 0 spiro atoms. The van der Waals surface area contributed by atoms with Crippen LogP contribution in [0.5, 0.6) is 0 Å². The Morgan fingerprint density at radius 3 is 3.05 bits per heavy atom. The highest BCUT2D eigenvalue weighted by Gasteiger charge is 2.34. The van der Waals surface area contributed by atoms with Crippen LogP contribution >= 0.6 is 0 Å². The molecule has 1 heterocycles. The molecule has 1 fully saturated rings. The fourth-order valence-corrected chi connectivity index (χ4v) is 3.41. The second kappa shape index (κ2) is 6.16. The van der Waals surface area contributed by atoms with Crippen molar-refractivity contribution in [3.8, 4) is 0 Å². The Hall–Kier alpha value is -1.39. The molecule has 0 radical (unpaired) electrons. The molecule has 1 amide bonds. The zero-order chi connectivity index (χ0) is 14.7. The van der Waals surface area contributed by atoms with E-state index in [1.165, 1.54) is 5.56 Å². The molecule has 2 unspecified atom stereocenters. The predicted molar refractivity (Wildman–Crippen MR) is 79.9 cm³/mol. The van der Waals surface area contributed by atoms with E-state index in [0.717, 1.165) is 37.9 Å². The van der Waals surface area contributed by atoms with Gasteiger partial charge in [-0.15, -0.1) is 0 Å². The van der Waals surface area contributed by atoms with Crippen LogP contribution < -0.4 is 5.32 Å². The van der Waals surface area contributed by atoms with Crippen LogP contribution in [-0.4, -0.2) is 30.3 Å². The Balaban J connectivity index is 1.60. The maximum absolute atomic E-state index is 12.0. The van der Waals surface area contributed by atoms with Crippen molar-refractivity contribution in [3.05, 3.63) is 35.4 Å². The highest BCUT2D eigenvalue weighted by Crippen LogP contribution is 2.34. The van der Waals surface area contributed by atoms with Gasteiger partial charge in [0.1, 0.15) is 5.60 Å². The van der Waals surface area contributed by atoms with Gasteiger partial charge >= 0.3 is 0 Å². The molecule has 114 valence electrons. The number of carbonyl (C=O) groups is 1. The summed E-state index contributed by atoms with van der Waals surface area (Å²) >= 11 is 0. The van der Waals surface area contributed by atoms with E-state index < -0.39 is 5.60 Å². The molecule has 1 aliphatic heterocycles. The van der Waals surface area contributed by atoms with Crippen LogP contribution in [0.4, 0.5) is 0 Å². The largest absolute Gasteiger partial charge is 0.383 e. The normalized spacial score (nSPS) is 28.1. The summed E-state index contributed by atoms with van der Waals surface area (Å²) in [7, 11) is 0. The number of rotatable bonds is 4. The van der Waals surface area contributed by atoms with Crippen LogP contribution in [0.2, 0.25) is 0 Å². The first kappa shape index (κ1) is 14.5. The Morgan fingerprint density at radius 1 is 1.38 bits per heavy atom. The molecule has 1 aromatic carbocycles. The summed E-state index contributed by atoms with van der Waals surface area (Å²) in [6, 6.07) is 7.98. The molecule has 2 N–H and O–H groups in total. The number of fused-ring (bicyclic) bond motifs is 1. The van der Waals surface area contributed by atoms with Gasteiger partial charge in [0, 0.05) is 6.61 Å². The van der Waals surface area contributed by atoms with Crippen LogP contribution in [0.15, 0.2) is 24.3 Å². The molecule has 0 saturated carbocycles. The predicted octanol–water partition coefficient (Wildman–Crippen LogP) is 1.90. The van der Waals surface area contributed by atoms with E-state index in [1.54, 1.807) is 0 Å². The van der Waals surface area contributed by atoms with Crippen molar-refractivity contribution in [2.45, 2.75) is 50.2 Å². The molecule has 3 rings (SSSR count). The number of amides is 1. The zero-order valence-corrected chi connectivity index (χ0v) is 12.3. The first-order valence-electron chi connectivity index (χ1n) is 7.86. The molecule has 1 saturated heterocycles. The molecule has 1 aromatic rings. The lowest BCUT2D eigenvalue weighted by Gasteiger charge is -2.34. The third-order valence-corrected chi connectivity index (χ3v) is 4.57. The van der Waals surface area contributed by atoms with E-state index in [9.17, 15) is 9.90 Å². The van der Waals surface area contributed by atoms with Crippen LogP contribution in [-0.2, 0) is 21.6 Å². The fraction of sp³-hybridized carbons (Fsp3) is 0.588. The van der Waals surface area contributed by atoms with Gasteiger partial charge in [-0.3, -0.25) is 4.79 Å². The van der Waals surface area contributed by atoms with Crippen molar-refractivity contribution in [2.75, 3.05) is 13.2 Å². The third kappa shape index (κ3) is 3.27. The lowest BCUT2D eigenvalue weighted by molar-refractivity contribution is -0.124. The quantitative estimate of drug-likeness (QED) is 0.890. The Bertz CT molecular complexity index is 511. The second-order valence-corrected chi connectivity index (χ2v) is 6.16. The van der Waals surface area contributed by atoms with Crippen molar-refractivity contribution < 1.29 is 14.6 Å². The molecule has 0 aromatic heterocycles. The molecule has 4 heteroatoms. The van der Waals surface area contributed by atoms with E-state index in [-0.39, 0.29) is 18.6 Å². The topological polar surface area (TPSA) is 58.6 Å². The minimum absolute atomic E-state index is 0.0293. The van der Waals surface area contributed by atoms with Crippen LogP contribution in [0.1, 0.15) is 43.2 Å². The van der Waals surface area contributed by atoms with E-state index in [1.807, 2.05) is 18.2 Å². The average Bonchev–Trinajstić information content (AvgIpc) is 2.99. The maximum atomic E-state index is 12.0. The summed E-state index contributed by atoms with van der Waals surface area (Å²) in [4.78, 5) is 12.0. The monoisotopic (exact) mass is 289 g/mol. The smallest absolute Gasteiger partial charge is 0.222 e. The van der Waals surface area contributed by atoms with Gasteiger partial charge in [-0.05, 0) is 43.2 Å². The summed E-state index contributed by atoms with van der Waals surface area (Å²) < 4.78 is 5.47. The fourth-order valence-electron chi connectivity index (χ4n) is 3.41. The van der Waals surface area contributed by atoms with Gasteiger partial charge in [0.2, 0.25) is 5.91 Å². The minimum Gasteiger partial charge on any atom is -0.383 e. The summed E-state index contributed by atoms with van der Waals surface area (Å²) in [5.74, 6) is -0.0293. The molecule has 1 aliphatic carbocycles. The van der Waals surface area contributed by atoms with Crippen LogP contribution in [0, 0.1) is 0 Å². The Kier molecular flexibility index (Phi) is 4.27. The summed E-state index contributed by atoms with van der Waals surface area (Å²) in [6.45, 7) is 1.05. The van der Waals surface area contributed by atoms with Gasteiger partial charge in [-0.25, -0.2) is 0 Å². The second-order valence-electron chi connectivity index (χ2n) is 6.16. The van der Waals surface area contributed by atoms with Crippen molar-refractivity contribution >= 4 is 5.91 Å². The molecule has 4 nitrogen and oxygen atoms in total. The molecule has 2 atom stereocenters. The first-order valence-corrected chi connectivity index (χ1v) is 7.86. The number of carbonyl (C=O) groups excluding carboxylic acids is 1. The summed E-state index contributed by atoms with van der Waals surface area (Å²) in [5.41, 5.74) is 1.23. The van der Waals surface area contributed by atoms with E-state index in [2.05, 4.69) is 11.4 Å². The Morgan fingerprint density at radius 2 is 2.24 bits per heavy atom. The average molecular weight is 289 g/mol. The van der Waals surface area contributed by atoms with Crippen LogP contribution in [0.3, 0.4) is 0 Å². The van der Waals surface area contributed by atoms with Crippen molar-refractivity contribution in [1.82, 2.24) is 5.32 Å². The number of hydrogen-bond acceptors (Lipinski definition) is 3. The number of ether oxygens (including phenoxy) is 1. The van der Waals surface area contributed by atoms with E-state index >= 15 is 0 Å². The number of nitrogens with one attached hydrogen (secondary N) is 1. The highest BCUT2D eigenvalue weighted by molar-refractivity contribution is 5.76. The summed E-state index contributed by atoms with van der Waals surface area (Å²) in [5, 5.41) is 13.8. The summed E-state index contributed by atoms with van der Waals surface area (Å²) in [6.07, 6.45) is 5.10. The lowest BCUT2D eigenvalue weighted by atomic mass is 9.79. The van der Waals surface area contributed by atoms with Crippen molar-refractivity contribution in [2.24, 2.45) is 0 Å². The van der Waals surface area contributed by atoms with Gasteiger partial charge < -0.3 is 15.2 Å². The van der Waals surface area contributed by atoms with E-state index in [0.29, 0.717) is 12.8 Å². The minimum atomic E-state index is -0.930. The third-order valence-electron chi connectivity index (χ3n) is 4.57. The van der Waals surface area contributed by atoms with Crippen molar-refractivity contribution in [3.63, 3.8) is 0 Å². The number of aryl methyl sites for hydroxylation is 1. The molecule has 2 aliphatic rings. The SMILES string of the molecule is O=C(CC1CCCO1)NCC1(O)CCCc2ccccc21. The van der Waals surface area contributed by atoms with Gasteiger partial charge in [-0.1, -0.05) is 24.3 Å². The van der Waals surface area contributed by atoms with Gasteiger partial charge in [-0.2, -0.15) is 0 Å². The van der Waals surface area contributed by atoms with E-state index in [4.69, 9.17) is 4.74 Å². The van der Waals surface area contributed by atoms with Gasteiger partial charge in [0.05, 0.1) is 19.1 Å². The van der Waals surface area contributed by atoms with Crippen LogP contribution in [0.25, 0.3) is 0 Å². The number of hydrogen-bond donors (Lipinski definition) is 2. The highest BCUT2D eigenvalue weighted by atomic mass is 16.5. The standard InChI is InChI=1S/C17H23NO3/c19-16(11-14-7-4-10-21-14)18-12-17(20)9-3-6-13-5-1-2-8-15(13)17/h1-2,5,8,14,20H,3-4,6-7,9-12H2,(H,18,19). The molecule has 0 bridgehead atoms. The molecule has 21 heavy (non-hydrogen) atoms. The molecular weight excluding hydrogens is 266 g/mol. The maximum Gasteiger partial charge on any atom is 0.222 e. The zero-order valence-electron chi connectivity index (χ0n) is 12.3.